The van der Waals surface area contributed by atoms with Crippen LogP contribution in [0.1, 0.15) is 36.0 Å². The number of rotatable bonds is 6. The molecule has 1 aromatic heterocycles. The molecule has 0 unspecified atom stereocenters. The summed E-state index contributed by atoms with van der Waals surface area (Å²) >= 11 is 0. The van der Waals surface area contributed by atoms with E-state index in [1.165, 1.54) is 12.1 Å². The Morgan fingerprint density at radius 3 is 2.60 bits per heavy atom. The van der Waals surface area contributed by atoms with Gasteiger partial charge < -0.3 is 9.26 Å². The van der Waals surface area contributed by atoms with Crippen LogP contribution >= 0.6 is 0 Å². The summed E-state index contributed by atoms with van der Waals surface area (Å²) in [5.74, 6) is 2.06. The number of alkyl halides is 2. The summed E-state index contributed by atoms with van der Waals surface area (Å²) < 4.78 is 33.5. The largest absolute Gasteiger partial charge is 0.435 e. The monoisotopic (exact) mass is 280 g/mol. The van der Waals surface area contributed by atoms with Crippen LogP contribution in [0.3, 0.4) is 0 Å². The molecule has 1 aromatic carbocycles. The van der Waals surface area contributed by atoms with Crippen molar-refractivity contribution in [1.29, 1.82) is 0 Å². The zero-order valence-electron chi connectivity index (χ0n) is 10.8. The molecule has 1 heterocycles. The molecule has 0 atom stereocenters. The van der Waals surface area contributed by atoms with Crippen molar-refractivity contribution in [2.45, 2.75) is 38.2 Å². The van der Waals surface area contributed by atoms with Crippen molar-refractivity contribution < 1.29 is 18.0 Å². The summed E-state index contributed by atoms with van der Waals surface area (Å²) in [6.45, 7) is -2.79. The Morgan fingerprint density at radius 2 is 1.95 bits per heavy atom. The molecule has 1 aliphatic carbocycles. The van der Waals surface area contributed by atoms with Crippen LogP contribution in [0, 0.1) is 0 Å². The predicted octanol–water partition coefficient (Wildman–Crippen LogP) is 3.33. The fourth-order valence-corrected chi connectivity index (χ4v) is 1.96. The van der Waals surface area contributed by atoms with Gasteiger partial charge in [0, 0.05) is 12.3 Å². The van der Waals surface area contributed by atoms with E-state index >= 15 is 0 Å². The molecule has 4 nitrogen and oxygen atoms in total. The number of aromatic nitrogens is 2. The molecule has 0 bridgehead atoms. The van der Waals surface area contributed by atoms with Crippen molar-refractivity contribution >= 4 is 0 Å². The highest BCUT2D eigenvalue weighted by Gasteiger charge is 2.29. The Bertz CT molecular complexity index is 565. The van der Waals surface area contributed by atoms with E-state index in [0.29, 0.717) is 18.2 Å². The van der Waals surface area contributed by atoms with Crippen LogP contribution in [-0.4, -0.2) is 16.8 Å². The van der Waals surface area contributed by atoms with Gasteiger partial charge in [0.05, 0.1) is 0 Å². The molecule has 0 radical (unpaired) electrons. The van der Waals surface area contributed by atoms with Crippen LogP contribution in [-0.2, 0) is 12.8 Å². The lowest BCUT2D eigenvalue weighted by Crippen LogP contribution is -2.01. The van der Waals surface area contributed by atoms with Gasteiger partial charge in [-0.05, 0) is 37.0 Å². The molecule has 2 aromatic rings. The lowest BCUT2D eigenvalue weighted by molar-refractivity contribution is -0.0498. The Kier molecular flexibility index (Phi) is 3.62. The van der Waals surface area contributed by atoms with Gasteiger partial charge in [-0.2, -0.15) is 13.8 Å². The molecule has 6 heteroatoms. The number of nitrogens with zero attached hydrogens (tertiary/aromatic N) is 2. The summed E-state index contributed by atoms with van der Waals surface area (Å²) in [6.07, 6.45) is 3.67. The molecule has 106 valence electrons. The second-order valence-electron chi connectivity index (χ2n) is 4.85. The summed E-state index contributed by atoms with van der Waals surface area (Å²) in [5, 5.41) is 3.94. The summed E-state index contributed by atoms with van der Waals surface area (Å²) in [4.78, 5) is 4.34. The van der Waals surface area contributed by atoms with Gasteiger partial charge in [-0.15, -0.1) is 0 Å². The summed E-state index contributed by atoms with van der Waals surface area (Å²) in [6, 6.07) is 6.60. The fourth-order valence-electron chi connectivity index (χ4n) is 1.96. The molecule has 3 rings (SSSR count). The maximum Gasteiger partial charge on any atom is 0.387 e. The van der Waals surface area contributed by atoms with Crippen molar-refractivity contribution in [3.8, 4) is 5.75 Å². The zero-order chi connectivity index (χ0) is 13.9. The molecule has 1 fully saturated rings. The number of halogens is 2. The first-order valence-corrected chi connectivity index (χ1v) is 6.57. The topological polar surface area (TPSA) is 48.2 Å². The lowest BCUT2D eigenvalue weighted by Gasteiger charge is -2.05. The zero-order valence-corrected chi connectivity index (χ0v) is 10.8. The number of aryl methyl sites for hydroxylation is 2. The standard InChI is InChI=1S/C14H14F2N2O2/c15-14(16)19-11-6-1-9(2-7-11)3-8-12-17-13(20-18-12)10-4-5-10/h1-2,6-7,10,14H,3-5,8H2. The van der Waals surface area contributed by atoms with Crippen LogP contribution < -0.4 is 4.74 Å². The first kappa shape index (κ1) is 13.0. The normalized spacial score (nSPS) is 14.8. The Labute approximate surface area is 114 Å². The smallest absolute Gasteiger partial charge is 0.387 e. The average molecular weight is 280 g/mol. The quantitative estimate of drug-likeness (QED) is 0.814. The molecule has 0 saturated heterocycles. The molecular formula is C14H14F2N2O2. The Morgan fingerprint density at radius 1 is 1.20 bits per heavy atom. The number of hydrogen-bond donors (Lipinski definition) is 0. The van der Waals surface area contributed by atoms with E-state index < -0.39 is 6.61 Å². The third kappa shape index (κ3) is 3.31. The summed E-state index contributed by atoms with van der Waals surface area (Å²) in [5.41, 5.74) is 1.02. The highest BCUT2D eigenvalue weighted by Crippen LogP contribution is 2.38. The van der Waals surface area contributed by atoms with Crippen LogP contribution in [0.2, 0.25) is 0 Å². The Balaban J connectivity index is 1.54. The molecule has 1 saturated carbocycles. The molecular weight excluding hydrogens is 266 g/mol. The maximum atomic E-state index is 12.0. The van der Waals surface area contributed by atoms with E-state index in [0.717, 1.165) is 30.7 Å². The van der Waals surface area contributed by atoms with Gasteiger partial charge in [0.15, 0.2) is 5.82 Å². The van der Waals surface area contributed by atoms with Crippen molar-refractivity contribution in [2.24, 2.45) is 0 Å². The van der Waals surface area contributed by atoms with Gasteiger partial charge in [-0.1, -0.05) is 17.3 Å². The van der Waals surface area contributed by atoms with Crippen LogP contribution in [0.4, 0.5) is 8.78 Å². The first-order chi connectivity index (χ1) is 9.70. The SMILES string of the molecule is FC(F)Oc1ccc(CCc2noc(C3CC3)n2)cc1. The van der Waals surface area contributed by atoms with E-state index in [2.05, 4.69) is 14.9 Å². The lowest BCUT2D eigenvalue weighted by atomic mass is 10.1. The molecule has 0 amide bonds. The van der Waals surface area contributed by atoms with E-state index in [-0.39, 0.29) is 5.75 Å². The second kappa shape index (κ2) is 5.56. The van der Waals surface area contributed by atoms with E-state index in [1.54, 1.807) is 12.1 Å². The molecule has 0 N–H and O–H groups in total. The van der Waals surface area contributed by atoms with Crippen molar-refractivity contribution in [3.05, 3.63) is 41.5 Å². The van der Waals surface area contributed by atoms with Gasteiger partial charge in [0.25, 0.3) is 0 Å². The van der Waals surface area contributed by atoms with Gasteiger partial charge in [-0.25, -0.2) is 0 Å². The second-order valence-corrected chi connectivity index (χ2v) is 4.85. The third-order valence-electron chi connectivity index (χ3n) is 3.20. The molecule has 1 aliphatic rings. The minimum Gasteiger partial charge on any atom is -0.435 e. The predicted molar refractivity (Wildman–Crippen MR) is 66.8 cm³/mol. The number of ether oxygens (including phenoxy) is 1. The molecule has 0 aliphatic heterocycles. The van der Waals surface area contributed by atoms with E-state index in [4.69, 9.17) is 4.52 Å². The molecule has 0 spiro atoms. The van der Waals surface area contributed by atoms with Gasteiger partial charge >= 0.3 is 6.61 Å². The molecule has 20 heavy (non-hydrogen) atoms. The minimum atomic E-state index is -2.79. The third-order valence-corrected chi connectivity index (χ3v) is 3.20. The number of benzene rings is 1. The van der Waals surface area contributed by atoms with Gasteiger partial charge in [0.1, 0.15) is 5.75 Å². The highest BCUT2D eigenvalue weighted by molar-refractivity contribution is 5.27. The average Bonchev–Trinajstić information content (AvgIpc) is 3.17. The van der Waals surface area contributed by atoms with Gasteiger partial charge in [0.2, 0.25) is 5.89 Å². The fraction of sp³-hybridized carbons (Fsp3) is 0.429. The van der Waals surface area contributed by atoms with Crippen LogP contribution in [0.25, 0.3) is 0 Å². The first-order valence-electron chi connectivity index (χ1n) is 6.57. The number of hydrogen-bond acceptors (Lipinski definition) is 4. The van der Waals surface area contributed by atoms with Gasteiger partial charge in [-0.3, -0.25) is 0 Å². The van der Waals surface area contributed by atoms with Crippen LogP contribution in [0.5, 0.6) is 5.75 Å². The van der Waals surface area contributed by atoms with Crippen molar-refractivity contribution in [1.82, 2.24) is 10.1 Å². The van der Waals surface area contributed by atoms with Crippen LogP contribution in [0.15, 0.2) is 28.8 Å². The van der Waals surface area contributed by atoms with E-state index in [9.17, 15) is 8.78 Å². The maximum absolute atomic E-state index is 12.0. The van der Waals surface area contributed by atoms with Crippen molar-refractivity contribution in [2.75, 3.05) is 0 Å². The Hall–Kier alpha value is -1.98. The van der Waals surface area contributed by atoms with Crippen molar-refractivity contribution in [3.63, 3.8) is 0 Å². The van der Waals surface area contributed by atoms with E-state index in [1.807, 2.05) is 0 Å². The highest BCUT2D eigenvalue weighted by atomic mass is 19.3. The summed E-state index contributed by atoms with van der Waals surface area (Å²) in [7, 11) is 0. The minimum absolute atomic E-state index is 0.166.